The number of oxazole rings is 1. The number of fused-ring (bicyclic) bond motifs is 1. The molecule has 1 aliphatic rings. The molecule has 1 N–H and O–H groups in total. The third kappa shape index (κ3) is 1.62. The number of nitrogens with one attached hydrogen (secondary N) is 1. The number of benzene rings is 1. The molecule has 0 atom stereocenters. The van der Waals surface area contributed by atoms with Gasteiger partial charge in [-0.15, -0.1) is 0 Å². The predicted octanol–water partition coefficient (Wildman–Crippen LogP) is 0.0677. The average molecular weight is 247 g/mol. The van der Waals surface area contributed by atoms with Crippen molar-refractivity contribution in [2.24, 2.45) is 7.05 Å². The highest BCUT2D eigenvalue weighted by atomic mass is 16.4. The van der Waals surface area contributed by atoms with Crippen molar-refractivity contribution in [3.63, 3.8) is 0 Å². The Morgan fingerprint density at radius 2 is 2.17 bits per heavy atom. The van der Waals surface area contributed by atoms with Crippen molar-refractivity contribution in [3.8, 4) is 0 Å². The van der Waals surface area contributed by atoms with Crippen molar-refractivity contribution in [2.45, 2.75) is 0 Å². The molecule has 1 aromatic carbocycles. The number of nitrogens with zero attached hydrogens (tertiary/aromatic N) is 2. The number of carbonyl (C=O) groups is 1. The molecular weight excluding hydrogens is 234 g/mol. The van der Waals surface area contributed by atoms with E-state index in [2.05, 4.69) is 5.32 Å². The zero-order valence-electron chi connectivity index (χ0n) is 9.97. The molecule has 1 fully saturated rings. The van der Waals surface area contributed by atoms with Gasteiger partial charge in [0, 0.05) is 31.9 Å². The van der Waals surface area contributed by atoms with Crippen molar-refractivity contribution in [2.75, 3.05) is 24.5 Å². The normalized spacial score (nSPS) is 16.5. The van der Waals surface area contributed by atoms with Crippen molar-refractivity contribution in [1.82, 2.24) is 9.88 Å². The number of rotatable bonds is 1. The zero-order chi connectivity index (χ0) is 12.7. The van der Waals surface area contributed by atoms with Gasteiger partial charge in [0.05, 0.1) is 12.1 Å². The number of aromatic nitrogens is 1. The third-order valence-electron chi connectivity index (χ3n) is 3.18. The van der Waals surface area contributed by atoms with Crippen molar-refractivity contribution in [3.05, 3.63) is 28.7 Å². The van der Waals surface area contributed by atoms with Crippen LogP contribution in [0.4, 0.5) is 5.69 Å². The Hall–Kier alpha value is -2.08. The minimum absolute atomic E-state index is 0.0267. The Labute approximate surface area is 103 Å². The maximum Gasteiger partial charge on any atom is 0.419 e. The second-order valence-corrected chi connectivity index (χ2v) is 4.30. The molecule has 0 aliphatic carbocycles. The minimum Gasteiger partial charge on any atom is -0.408 e. The van der Waals surface area contributed by atoms with Crippen LogP contribution >= 0.6 is 0 Å². The first-order valence-electron chi connectivity index (χ1n) is 5.77. The van der Waals surface area contributed by atoms with E-state index in [-0.39, 0.29) is 5.91 Å². The molecular formula is C12H13N3O3. The summed E-state index contributed by atoms with van der Waals surface area (Å²) in [6.07, 6.45) is 0. The van der Waals surface area contributed by atoms with Gasteiger partial charge in [0.1, 0.15) is 0 Å². The molecule has 3 rings (SSSR count). The van der Waals surface area contributed by atoms with Crippen molar-refractivity contribution >= 4 is 22.7 Å². The highest BCUT2D eigenvalue weighted by molar-refractivity contribution is 5.97. The first-order valence-corrected chi connectivity index (χ1v) is 5.77. The van der Waals surface area contributed by atoms with Gasteiger partial charge in [-0.1, -0.05) is 0 Å². The maximum atomic E-state index is 11.8. The Balaban J connectivity index is 2.07. The number of hydrogen-bond donors (Lipinski definition) is 1. The first kappa shape index (κ1) is 11.0. The number of hydrogen-bond acceptors (Lipinski definition) is 4. The number of aryl methyl sites for hydroxylation is 1. The highest BCUT2D eigenvalue weighted by Crippen LogP contribution is 2.21. The summed E-state index contributed by atoms with van der Waals surface area (Å²) in [4.78, 5) is 24.9. The van der Waals surface area contributed by atoms with Gasteiger partial charge in [0.25, 0.3) is 0 Å². The van der Waals surface area contributed by atoms with E-state index in [0.717, 1.165) is 17.7 Å². The monoisotopic (exact) mass is 247 g/mol. The van der Waals surface area contributed by atoms with Crippen LogP contribution < -0.4 is 16.0 Å². The summed E-state index contributed by atoms with van der Waals surface area (Å²) in [6, 6.07) is 5.37. The van der Waals surface area contributed by atoms with E-state index in [4.69, 9.17) is 4.42 Å². The molecule has 0 saturated carbocycles. The van der Waals surface area contributed by atoms with Crippen LogP contribution in [0.5, 0.6) is 0 Å². The van der Waals surface area contributed by atoms with Crippen LogP contribution in [0.1, 0.15) is 0 Å². The summed E-state index contributed by atoms with van der Waals surface area (Å²) in [5, 5.41) is 3.02. The molecule has 1 aliphatic heterocycles. The van der Waals surface area contributed by atoms with Crippen molar-refractivity contribution < 1.29 is 9.21 Å². The largest absolute Gasteiger partial charge is 0.419 e. The van der Waals surface area contributed by atoms with Crippen LogP contribution in [-0.2, 0) is 11.8 Å². The number of amides is 1. The van der Waals surface area contributed by atoms with E-state index in [1.54, 1.807) is 24.1 Å². The molecule has 6 heteroatoms. The molecule has 2 aromatic rings. The molecule has 94 valence electrons. The van der Waals surface area contributed by atoms with E-state index in [9.17, 15) is 9.59 Å². The molecule has 18 heavy (non-hydrogen) atoms. The topological polar surface area (TPSA) is 67.5 Å². The summed E-state index contributed by atoms with van der Waals surface area (Å²) >= 11 is 0. The fourth-order valence-electron chi connectivity index (χ4n) is 2.17. The van der Waals surface area contributed by atoms with Gasteiger partial charge >= 0.3 is 5.76 Å². The first-order chi connectivity index (χ1) is 8.66. The summed E-state index contributed by atoms with van der Waals surface area (Å²) in [7, 11) is 1.66. The lowest BCUT2D eigenvalue weighted by Crippen LogP contribution is -2.48. The lowest BCUT2D eigenvalue weighted by Gasteiger charge is -2.27. The van der Waals surface area contributed by atoms with E-state index in [1.165, 1.54) is 4.57 Å². The molecule has 2 heterocycles. The molecule has 0 spiro atoms. The predicted molar refractivity (Wildman–Crippen MR) is 66.7 cm³/mol. The van der Waals surface area contributed by atoms with Gasteiger partial charge in [-0.3, -0.25) is 9.36 Å². The average Bonchev–Trinajstić information content (AvgIpc) is 2.65. The molecule has 0 radical (unpaired) electrons. The van der Waals surface area contributed by atoms with Gasteiger partial charge < -0.3 is 14.6 Å². The van der Waals surface area contributed by atoms with Crippen LogP contribution in [0.2, 0.25) is 0 Å². The Morgan fingerprint density at radius 3 is 2.94 bits per heavy atom. The standard InChI is InChI=1S/C12H13N3O3/c1-14-9-3-2-8(6-10(9)18-12(14)17)15-5-4-13-7-11(15)16/h2-3,6,13H,4-5,7H2,1H3. The van der Waals surface area contributed by atoms with Gasteiger partial charge in [-0.05, 0) is 12.1 Å². The van der Waals surface area contributed by atoms with E-state index in [0.29, 0.717) is 18.7 Å². The van der Waals surface area contributed by atoms with Gasteiger partial charge in [-0.2, -0.15) is 0 Å². The highest BCUT2D eigenvalue weighted by Gasteiger charge is 2.20. The summed E-state index contributed by atoms with van der Waals surface area (Å²) < 4.78 is 6.56. The summed E-state index contributed by atoms with van der Waals surface area (Å²) in [6.45, 7) is 1.74. The van der Waals surface area contributed by atoms with Crippen LogP contribution in [0, 0.1) is 0 Å². The number of piperazine rings is 1. The SMILES string of the molecule is Cn1c(=O)oc2cc(N3CCNCC3=O)ccc21. The minimum atomic E-state index is -0.395. The zero-order valence-corrected chi connectivity index (χ0v) is 9.97. The van der Waals surface area contributed by atoms with E-state index >= 15 is 0 Å². The molecule has 1 saturated heterocycles. The smallest absolute Gasteiger partial charge is 0.408 e. The Kier molecular flexibility index (Phi) is 2.45. The van der Waals surface area contributed by atoms with Gasteiger partial charge in [-0.25, -0.2) is 4.79 Å². The second kappa shape index (κ2) is 3.99. The Bertz CT molecular complexity index is 671. The fourth-order valence-corrected chi connectivity index (χ4v) is 2.17. The fraction of sp³-hybridized carbons (Fsp3) is 0.333. The lowest BCUT2D eigenvalue weighted by molar-refractivity contribution is -0.118. The van der Waals surface area contributed by atoms with E-state index < -0.39 is 5.76 Å². The Morgan fingerprint density at radius 1 is 1.33 bits per heavy atom. The summed E-state index contributed by atoms with van der Waals surface area (Å²) in [5.74, 6) is -0.368. The number of carbonyl (C=O) groups excluding carboxylic acids is 1. The van der Waals surface area contributed by atoms with Gasteiger partial charge in [0.2, 0.25) is 5.91 Å². The molecule has 6 nitrogen and oxygen atoms in total. The van der Waals surface area contributed by atoms with Crippen LogP contribution in [0.25, 0.3) is 11.1 Å². The number of anilines is 1. The van der Waals surface area contributed by atoms with Crippen LogP contribution in [0.15, 0.2) is 27.4 Å². The molecule has 0 unspecified atom stereocenters. The van der Waals surface area contributed by atoms with E-state index in [1.807, 2.05) is 6.07 Å². The molecule has 0 bridgehead atoms. The van der Waals surface area contributed by atoms with Crippen molar-refractivity contribution in [1.29, 1.82) is 0 Å². The second-order valence-electron chi connectivity index (χ2n) is 4.30. The molecule has 1 aromatic heterocycles. The van der Waals surface area contributed by atoms with Crippen LogP contribution in [-0.4, -0.2) is 30.1 Å². The molecule has 1 amide bonds. The summed E-state index contributed by atoms with van der Waals surface area (Å²) in [5.41, 5.74) is 2.00. The third-order valence-corrected chi connectivity index (χ3v) is 3.18. The van der Waals surface area contributed by atoms with Gasteiger partial charge in [0.15, 0.2) is 5.58 Å². The quantitative estimate of drug-likeness (QED) is 0.774. The van der Waals surface area contributed by atoms with Crippen LogP contribution in [0.3, 0.4) is 0 Å². The lowest BCUT2D eigenvalue weighted by atomic mass is 10.2. The maximum absolute atomic E-state index is 11.8.